The Balaban J connectivity index is 2.94. The molecule has 0 aromatic heterocycles. The van der Waals surface area contributed by atoms with Gasteiger partial charge in [-0.25, -0.2) is 4.79 Å². The quantitative estimate of drug-likeness (QED) is 0.642. The average molecular weight is 297 g/mol. The second kappa shape index (κ2) is 7.55. The van der Waals surface area contributed by atoms with E-state index in [0.29, 0.717) is 24.2 Å². The Morgan fingerprint density at radius 3 is 2.65 bits per heavy atom. The molecule has 112 valence electrons. The van der Waals surface area contributed by atoms with Crippen LogP contribution in [0.1, 0.15) is 37.6 Å². The molecule has 0 bridgehead atoms. The van der Waals surface area contributed by atoms with Gasteiger partial charge in [-0.05, 0) is 29.7 Å². The van der Waals surface area contributed by atoms with E-state index in [4.69, 9.17) is 5.11 Å². The first-order valence-electron chi connectivity index (χ1n) is 6.75. The lowest BCUT2D eigenvalue weighted by Gasteiger charge is -2.25. The Kier molecular flexibility index (Phi) is 6.36. The summed E-state index contributed by atoms with van der Waals surface area (Å²) in [6.45, 7) is 6.84. The molecule has 0 saturated carbocycles. The van der Waals surface area contributed by atoms with E-state index < -0.39 is 5.97 Å². The number of aliphatic hydroxyl groups excluding tert-OH is 1. The maximum absolute atomic E-state index is 11.5. The van der Waals surface area contributed by atoms with Crippen LogP contribution in [0.5, 0.6) is 0 Å². The largest absolute Gasteiger partial charge is 0.478 e. The van der Waals surface area contributed by atoms with Gasteiger partial charge >= 0.3 is 5.97 Å². The standard InChI is InChI=1S/C15H23NO3S/c1-4-20-12-7-5-6-11(13(12)14(18)19)16-10-15(2,3)8-9-17/h5-7,16-17H,4,8-10H2,1-3H3,(H,18,19). The molecule has 0 radical (unpaired) electrons. The molecule has 0 atom stereocenters. The normalized spacial score (nSPS) is 11.4. The lowest BCUT2D eigenvalue weighted by Crippen LogP contribution is -2.25. The van der Waals surface area contributed by atoms with E-state index in [1.807, 2.05) is 32.9 Å². The summed E-state index contributed by atoms with van der Waals surface area (Å²) >= 11 is 1.53. The minimum Gasteiger partial charge on any atom is -0.478 e. The van der Waals surface area contributed by atoms with Crippen LogP contribution in [0.3, 0.4) is 0 Å². The molecule has 1 rings (SSSR count). The van der Waals surface area contributed by atoms with Crippen molar-refractivity contribution >= 4 is 23.4 Å². The van der Waals surface area contributed by atoms with Crippen LogP contribution in [0, 0.1) is 5.41 Å². The molecule has 1 aromatic rings. The Bertz CT molecular complexity index is 460. The van der Waals surface area contributed by atoms with Crippen LogP contribution in [-0.4, -0.2) is 35.1 Å². The van der Waals surface area contributed by atoms with Gasteiger partial charge in [0.2, 0.25) is 0 Å². The molecule has 0 fully saturated rings. The number of anilines is 1. The summed E-state index contributed by atoms with van der Waals surface area (Å²) in [4.78, 5) is 12.3. The molecule has 1 aromatic carbocycles. The predicted octanol–water partition coefficient (Wildman–Crippen LogP) is 3.32. The highest BCUT2D eigenvalue weighted by molar-refractivity contribution is 7.99. The fourth-order valence-corrected chi connectivity index (χ4v) is 2.73. The van der Waals surface area contributed by atoms with Crippen molar-refractivity contribution in [2.75, 3.05) is 24.2 Å². The molecule has 0 heterocycles. The maximum Gasteiger partial charge on any atom is 0.338 e. The van der Waals surface area contributed by atoms with Crippen LogP contribution in [0.2, 0.25) is 0 Å². The van der Waals surface area contributed by atoms with Crippen LogP contribution >= 0.6 is 11.8 Å². The van der Waals surface area contributed by atoms with Gasteiger partial charge in [0.05, 0.1) is 5.56 Å². The molecular weight excluding hydrogens is 274 g/mol. The monoisotopic (exact) mass is 297 g/mol. The van der Waals surface area contributed by atoms with Crippen molar-refractivity contribution in [1.29, 1.82) is 0 Å². The third kappa shape index (κ3) is 4.72. The summed E-state index contributed by atoms with van der Waals surface area (Å²) in [5, 5.41) is 21.7. The molecule has 20 heavy (non-hydrogen) atoms. The van der Waals surface area contributed by atoms with E-state index in [0.717, 1.165) is 10.6 Å². The van der Waals surface area contributed by atoms with E-state index >= 15 is 0 Å². The smallest absolute Gasteiger partial charge is 0.338 e. The molecule has 0 aliphatic rings. The highest BCUT2D eigenvalue weighted by Gasteiger charge is 2.20. The molecular formula is C15H23NO3S. The fourth-order valence-electron chi connectivity index (χ4n) is 1.90. The van der Waals surface area contributed by atoms with Crippen LogP contribution in [0.25, 0.3) is 0 Å². The minimum absolute atomic E-state index is 0.0849. The zero-order chi connectivity index (χ0) is 15.2. The summed E-state index contributed by atoms with van der Waals surface area (Å²) in [6, 6.07) is 5.49. The molecule has 4 nitrogen and oxygen atoms in total. The zero-order valence-corrected chi connectivity index (χ0v) is 13.1. The number of carboxylic acids is 1. The summed E-state index contributed by atoms with van der Waals surface area (Å²) in [7, 11) is 0. The van der Waals surface area contributed by atoms with Crippen molar-refractivity contribution in [2.45, 2.75) is 32.1 Å². The first-order valence-corrected chi connectivity index (χ1v) is 7.73. The predicted molar refractivity (Wildman–Crippen MR) is 83.8 cm³/mol. The number of benzene rings is 1. The number of thioether (sulfide) groups is 1. The van der Waals surface area contributed by atoms with Crippen molar-refractivity contribution in [1.82, 2.24) is 0 Å². The topological polar surface area (TPSA) is 69.6 Å². The second-order valence-electron chi connectivity index (χ2n) is 5.41. The highest BCUT2D eigenvalue weighted by atomic mass is 32.2. The van der Waals surface area contributed by atoms with Crippen molar-refractivity contribution < 1.29 is 15.0 Å². The van der Waals surface area contributed by atoms with Gasteiger partial charge in [0.25, 0.3) is 0 Å². The number of carbonyl (C=O) groups is 1. The summed E-state index contributed by atoms with van der Waals surface area (Å²) in [6.07, 6.45) is 0.672. The van der Waals surface area contributed by atoms with Gasteiger partial charge in [0.1, 0.15) is 0 Å². The fraction of sp³-hybridized carbons (Fsp3) is 0.533. The third-order valence-corrected chi connectivity index (χ3v) is 4.03. The van der Waals surface area contributed by atoms with Crippen molar-refractivity contribution in [3.05, 3.63) is 23.8 Å². The Morgan fingerprint density at radius 1 is 1.40 bits per heavy atom. The van der Waals surface area contributed by atoms with Crippen molar-refractivity contribution in [3.8, 4) is 0 Å². The van der Waals surface area contributed by atoms with Gasteiger partial charge in [-0.3, -0.25) is 0 Å². The molecule has 0 unspecified atom stereocenters. The van der Waals surface area contributed by atoms with E-state index in [1.165, 1.54) is 11.8 Å². The van der Waals surface area contributed by atoms with Crippen LogP contribution in [0.15, 0.2) is 23.1 Å². The molecule has 0 amide bonds. The highest BCUT2D eigenvalue weighted by Crippen LogP contribution is 2.30. The first kappa shape index (κ1) is 16.9. The molecule has 0 saturated heterocycles. The average Bonchev–Trinajstić information content (AvgIpc) is 2.36. The van der Waals surface area contributed by atoms with Gasteiger partial charge in [-0.1, -0.05) is 26.8 Å². The van der Waals surface area contributed by atoms with E-state index in [2.05, 4.69) is 5.32 Å². The Labute approximate surface area is 124 Å². The third-order valence-electron chi connectivity index (χ3n) is 3.09. The summed E-state index contributed by atoms with van der Waals surface area (Å²) in [5.41, 5.74) is 0.888. The van der Waals surface area contributed by atoms with Crippen LogP contribution in [-0.2, 0) is 0 Å². The summed E-state index contributed by atoms with van der Waals surface area (Å²) < 4.78 is 0. The molecule has 0 aliphatic carbocycles. The maximum atomic E-state index is 11.5. The molecule has 0 aliphatic heterocycles. The lowest BCUT2D eigenvalue weighted by atomic mass is 9.89. The van der Waals surface area contributed by atoms with Crippen molar-refractivity contribution in [3.63, 3.8) is 0 Å². The van der Waals surface area contributed by atoms with E-state index in [1.54, 1.807) is 6.07 Å². The summed E-state index contributed by atoms with van der Waals surface area (Å²) in [5.74, 6) is -0.0799. The lowest BCUT2D eigenvalue weighted by molar-refractivity contribution is 0.0694. The van der Waals surface area contributed by atoms with Gasteiger partial charge < -0.3 is 15.5 Å². The number of hydrogen-bond donors (Lipinski definition) is 3. The Morgan fingerprint density at radius 2 is 2.10 bits per heavy atom. The number of aliphatic hydroxyl groups is 1. The SMILES string of the molecule is CCSc1cccc(NCC(C)(C)CCO)c1C(=O)O. The number of carboxylic acid groups (broad SMARTS) is 1. The van der Waals surface area contributed by atoms with Gasteiger partial charge in [0.15, 0.2) is 0 Å². The molecule has 5 heteroatoms. The minimum atomic E-state index is -0.913. The van der Waals surface area contributed by atoms with Crippen molar-refractivity contribution in [2.24, 2.45) is 5.41 Å². The van der Waals surface area contributed by atoms with Gasteiger partial charge in [-0.2, -0.15) is 0 Å². The van der Waals surface area contributed by atoms with E-state index in [9.17, 15) is 9.90 Å². The first-order chi connectivity index (χ1) is 9.41. The number of aromatic carboxylic acids is 1. The number of rotatable bonds is 8. The molecule has 3 N–H and O–H groups in total. The van der Waals surface area contributed by atoms with Gasteiger partial charge in [0, 0.05) is 23.7 Å². The van der Waals surface area contributed by atoms with Crippen LogP contribution in [0.4, 0.5) is 5.69 Å². The Hall–Kier alpha value is -1.20. The van der Waals surface area contributed by atoms with E-state index in [-0.39, 0.29) is 12.0 Å². The second-order valence-corrected chi connectivity index (χ2v) is 6.71. The van der Waals surface area contributed by atoms with Crippen LogP contribution < -0.4 is 5.32 Å². The zero-order valence-electron chi connectivity index (χ0n) is 12.3. The number of nitrogens with one attached hydrogen (secondary N) is 1. The molecule has 0 spiro atoms. The number of hydrogen-bond acceptors (Lipinski definition) is 4. The van der Waals surface area contributed by atoms with Gasteiger partial charge in [-0.15, -0.1) is 11.8 Å².